The van der Waals surface area contributed by atoms with Crippen molar-refractivity contribution in [3.63, 3.8) is 0 Å². The van der Waals surface area contributed by atoms with E-state index in [0.717, 1.165) is 42.9 Å². The molecular weight excluding hydrogens is 390 g/mol. The normalized spacial score (nSPS) is 14.3. The Bertz CT molecular complexity index is 997. The highest BCUT2D eigenvalue weighted by molar-refractivity contribution is 7.92. The quantitative estimate of drug-likeness (QED) is 0.813. The lowest BCUT2D eigenvalue weighted by atomic mass is 10.1. The van der Waals surface area contributed by atoms with Gasteiger partial charge in [-0.15, -0.1) is 0 Å². The number of anilines is 2. The monoisotopic (exact) mass is 415 g/mol. The average molecular weight is 416 g/mol. The molecule has 29 heavy (non-hydrogen) atoms. The third-order valence-corrected chi connectivity index (χ3v) is 6.25. The molecule has 0 spiro atoms. The zero-order valence-electron chi connectivity index (χ0n) is 16.6. The standard InChI is InChI=1S/C21H25N3O4S/c1-23(29(2,27)28)17-12-10-16(11-13-17)20(25)22-19-9-5-4-8-18(19)21(26)24-14-6-3-7-15-24/h4-5,8-13H,3,6-7,14-15H2,1-2H3,(H,22,25). The number of hydrogen-bond donors (Lipinski definition) is 1. The minimum Gasteiger partial charge on any atom is -0.339 e. The van der Waals surface area contributed by atoms with Crippen LogP contribution in [0.1, 0.15) is 40.0 Å². The Balaban J connectivity index is 1.76. The fraction of sp³-hybridized carbons (Fsp3) is 0.333. The van der Waals surface area contributed by atoms with E-state index in [1.807, 2.05) is 4.90 Å². The third kappa shape index (κ3) is 4.95. The Morgan fingerprint density at radius 3 is 2.21 bits per heavy atom. The number of carbonyl (C=O) groups excluding carboxylic acids is 2. The number of sulfonamides is 1. The topological polar surface area (TPSA) is 86.8 Å². The summed E-state index contributed by atoms with van der Waals surface area (Å²) in [5, 5.41) is 2.81. The molecule has 154 valence electrons. The highest BCUT2D eigenvalue weighted by Gasteiger charge is 2.21. The van der Waals surface area contributed by atoms with Crippen molar-refractivity contribution in [1.82, 2.24) is 4.90 Å². The molecule has 0 radical (unpaired) electrons. The Labute approximate surface area is 171 Å². The molecule has 0 aromatic heterocycles. The predicted molar refractivity (Wildman–Crippen MR) is 114 cm³/mol. The molecule has 2 aromatic carbocycles. The van der Waals surface area contributed by atoms with Crippen LogP contribution >= 0.6 is 0 Å². The van der Waals surface area contributed by atoms with Crippen molar-refractivity contribution in [2.24, 2.45) is 0 Å². The van der Waals surface area contributed by atoms with Crippen molar-refractivity contribution in [1.29, 1.82) is 0 Å². The van der Waals surface area contributed by atoms with Crippen molar-refractivity contribution in [3.8, 4) is 0 Å². The van der Waals surface area contributed by atoms with E-state index in [0.29, 0.717) is 22.5 Å². The van der Waals surface area contributed by atoms with Crippen LogP contribution in [0.2, 0.25) is 0 Å². The van der Waals surface area contributed by atoms with E-state index < -0.39 is 10.0 Å². The smallest absolute Gasteiger partial charge is 0.255 e. The lowest BCUT2D eigenvalue weighted by Crippen LogP contribution is -2.36. The summed E-state index contributed by atoms with van der Waals surface area (Å²) in [6.07, 6.45) is 4.24. The lowest BCUT2D eigenvalue weighted by Gasteiger charge is -2.27. The third-order valence-electron chi connectivity index (χ3n) is 5.04. The molecule has 0 unspecified atom stereocenters. The molecule has 1 aliphatic rings. The van der Waals surface area contributed by atoms with E-state index in [9.17, 15) is 18.0 Å². The summed E-state index contributed by atoms with van der Waals surface area (Å²) in [5.41, 5.74) is 1.77. The lowest BCUT2D eigenvalue weighted by molar-refractivity contribution is 0.0725. The van der Waals surface area contributed by atoms with Gasteiger partial charge in [0.15, 0.2) is 0 Å². The number of nitrogens with zero attached hydrogens (tertiary/aromatic N) is 2. The number of piperidine rings is 1. The maximum absolute atomic E-state index is 12.9. The number of rotatable bonds is 5. The largest absolute Gasteiger partial charge is 0.339 e. The number of benzene rings is 2. The fourth-order valence-corrected chi connectivity index (χ4v) is 3.76. The molecule has 1 fully saturated rings. The van der Waals surface area contributed by atoms with Gasteiger partial charge in [0.25, 0.3) is 11.8 Å². The highest BCUT2D eigenvalue weighted by atomic mass is 32.2. The Morgan fingerprint density at radius 2 is 1.59 bits per heavy atom. The van der Waals surface area contributed by atoms with Crippen molar-refractivity contribution < 1.29 is 18.0 Å². The second-order valence-electron chi connectivity index (χ2n) is 7.13. The number of carbonyl (C=O) groups is 2. The van der Waals surface area contributed by atoms with Gasteiger partial charge in [-0.25, -0.2) is 8.42 Å². The molecule has 1 aliphatic heterocycles. The van der Waals surface area contributed by atoms with Crippen LogP contribution in [0.4, 0.5) is 11.4 Å². The van der Waals surface area contributed by atoms with Crippen LogP contribution in [-0.2, 0) is 10.0 Å². The minimum absolute atomic E-state index is 0.0780. The summed E-state index contributed by atoms with van der Waals surface area (Å²) in [6.45, 7) is 1.47. The maximum Gasteiger partial charge on any atom is 0.255 e. The summed E-state index contributed by atoms with van der Waals surface area (Å²) in [7, 11) is -1.92. The van der Waals surface area contributed by atoms with Crippen LogP contribution in [0.15, 0.2) is 48.5 Å². The number of para-hydroxylation sites is 1. The van der Waals surface area contributed by atoms with Crippen LogP contribution in [0.25, 0.3) is 0 Å². The van der Waals surface area contributed by atoms with E-state index in [4.69, 9.17) is 0 Å². The van der Waals surface area contributed by atoms with Gasteiger partial charge in [-0.3, -0.25) is 13.9 Å². The molecule has 7 nitrogen and oxygen atoms in total. The molecule has 2 aromatic rings. The van der Waals surface area contributed by atoms with Crippen LogP contribution in [-0.4, -0.2) is 51.5 Å². The van der Waals surface area contributed by atoms with Gasteiger partial charge in [0, 0.05) is 25.7 Å². The maximum atomic E-state index is 12.9. The van der Waals surface area contributed by atoms with Gasteiger partial charge >= 0.3 is 0 Å². The summed E-state index contributed by atoms with van der Waals surface area (Å²) in [4.78, 5) is 27.4. The van der Waals surface area contributed by atoms with E-state index in [2.05, 4.69) is 5.32 Å². The highest BCUT2D eigenvalue weighted by Crippen LogP contribution is 2.22. The summed E-state index contributed by atoms with van der Waals surface area (Å²) < 4.78 is 24.4. The molecule has 2 amide bonds. The molecule has 0 atom stereocenters. The van der Waals surface area contributed by atoms with Crippen molar-refractivity contribution in [2.45, 2.75) is 19.3 Å². The van der Waals surface area contributed by atoms with Crippen LogP contribution in [0.5, 0.6) is 0 Å². The fourth-order valence-electron chi connectivity index (χ4n) is 3.25. The number of amides is 2. The van der Waals surface area contributed by atoms with Gasteiger partial charge in [0.1, 0.15) is 0 Å². The molecule has 3 rings (SSSR count). The SMILES string of the molecule is CN(c1ccc(C(=O)Nc2ccccc2C(=O)N2CCCCC2)cc1)S(C)(=O)=O. The molecule has 1 heterocycles. The second-order valence-corrected chi connectivity index (χ2v) is 9.14. The molecule has 1 saturated heterocycles. The minimum atomic E-state index is -3.37. The molecule has 0 bridgehead atoms. The zero-order chi connectivity index (χ0) is 21.0. The second kappa shape index (κ2) is 8.65. The molecular formula is C21H25N3O4S. The summed E-state index contributed by atoms with van der Waals surface area (Å²) in [5.74, 6) is -0.442. The van der Waals surface area contributed by atoms with Gasteiger partial charge in [0.2, 0.25) is 10.0 Å². The van der Waals surface area contributed by atoms with Gasteiger partial charge in [-0.2, -0.15) is 0 Å². The average Bonchev–Trinajstić information content (AvgIpc) is 2.73. The first-order valence-corrected chi connectivity index (χ1v) is 11.4. The number of likely N-dealkylation sites (tertiary alicyclic amines) is 1. The van der Waals surface area contributed by atoms with Crippen molar-refractivity contribution in [3.05, 3.63) is 59.7 Å². The van der Waals surface area contributed by atoms with Crippen molar-refractivity contribution >= 4 is 33.2 Å². The van der Waals surface area contributed by atoms with E-state index in [1.165, 1.54) is 7.05 Å². The molecule has 8 heteroatoms. The van der Waals surface area contributed by atoms with Crippen molar-refractivity contribution in [2.75, 3.05) is 36.0 Å². The Hall–Kier alpha value is -2.87. The molecule has 1 N–H and O–H groups in total. The Morgan fingerprint density at radius 1 is 0.966 bits per heavy atom. The van der Waals surface area contributed by atoms with Crippen LogP contribution in [0, 0.1) is 0 Å². The molecule has 0 saturated carbocycles. The first-order valence-electron chi connectivity index (χ1n) is 9.51. The first kappa shape index (κ1) is 20.9. The van der Waals surface area contributed by atoms with Gasteiger partial charge in [-0.05, 0) is 55.7 Å². The van der Waals surface area contributed by atoms with E-state index >= 15 is 0 Å². The van der Waals surface area contributed by atoms with Crippen LogP contribution in [0.3, 0.4) is 0 Å². The summed E-state index contributed by atoms with van der Waals surface area (Å²) >= 11 is 0. The zero-order valence-corrected chi connectivity index (χ0v) is 17.4. The van der Waals surface area contributed by atoms with Gasteiger partial charge in [-0.1, -0.05) is 12.1 Å². The predicted octanol–water partition coefficient (Wildman–Crippen LogP) is 2.96. The van der Waals surface area contributed by atoms with E-state index in [-0.39, 0.29) is 11.8 Å². The first-order chi connectivity index (χ1) is 13.8. The van der Waals surface area contributed by atoms with Gasteiger partial charge < -0.3 is 10.2 Å². The number of nitrogens with one attached hydrogen (secondary N) is 1. The van der Waals surface area contributed by atoms with Gasteiger partial charge in [0.05, 0.1) is 23.2 Å². The van der Waals surface area contributed by atoms with E-state index in [1.54, 1.807) is 48.5 Å². The number of hydrogen-bond acceptors (Lipinski definition) is 4. The Kier molecular flexibility index (Phi) is 6.22. The molecule has 0 aliphatic carbocycles. The van der Waals surface area contributed by atoms with Crippen LogP contribution < -0.4 is 9.62 Å². The summed E-state index contributed by atoms with van der Waals surface area (Å²) in [6, 6.07) is 13.2.